The van der Waals surface area contributed by atoms with Crippen molar-refractivity contribution < 1.29 is 23.2 Å². The van der Waals surface area contributed by atoms with Gasteiger partial charge in [0, 0.05) is 30.5 Å². The summed E-state index contributed by atoms with van der Waals surface area (Å²) in [6, 6.07) is 4.97. The Morgan fingerprint density at radius 2 is 1.86 bits per heavy atom. The number of rotatable bonds is 9. The molecule has 2 aromatic rings. The van der Waals surface area contributed by atoms with Gasteiger partial charge in [0.2, 0.25) is 11.8 Å². The predicted molar refractivity (Wildman–Crippen MR) is 103 cm³/mol. The van der Waals surface area contributed by atoms with Gasteiger partial charge in [-0.1, -0.05) is 6.07 Å². The van der Waals surface area contributed by atoms with E-state index in [-0.39, 0.29) is 31.3 Å². The van der Waals surface area contributed by atoms with Crippen LogP contribution >= 0.6 is 11.3 Å². The van der Waals surface area contributed by atoms with E-state index in [1.807, 2.05) is 0 Å². The van der Waals surface area contributed by atoms with Crippen LogP contribution in [0.1, 0.15) is 30.1 Å². The number of anilines is 1. The summed E-state index contributed by atoms with van der Waals surface area (Å²) in [6.45, 7) is 1.98. The van der Waals surface area contributed by atoms with Gasteiger partial charge < -0.3 is 15.5 Å². The molecule has 0 aliphatic rings. The Morgan fingerprint density at radius 1 is 1.14 bits per heavy atom. The zero-order valence-electron chi connectivity index (χ0n) is 15.3. The van der Waals surface area contributed by atoms with Crippen LogP contribution in [0.2, 0.25) is 0 Å². The Morgan fingerprint density at radius 3 is 2.46 bits per heavy atom. The second-order valence-electron chi connectivity index (χ2n) is 5.92. The van der Waals surface area contributed by atoms with Gasteiger partial charge in [0.05, 0.1) is 6.54 Å². The zero-order chi connectivity index (χ0) is 20.5. The molecule has 0 aliphatic carbocycles. The van der Waals surface area contributed by atoms with Crippen molar-refractivity contribution in [1.29, 1.82) is 0 Å². The molecule has 0 fully saturated rings. The van der Waals surface area contributed by atoms with Crippen molar-refractivity contribution in [2.24, 2.45) is 0 Å². The van der Waals surface area contributed by atoms with Crippen LogP contribution in [0.3, 0.4) is 0 Å². The molecule has 2 N–H and O–H groups in total. The molecule has 0 aliphatic heterocycles. The second-order valence-corrected chi connectivity index (χ2v) is 6.70. The summed E-state index contributed by atoms with van der Waals surface area (Å²) in [5, 5.41) is 8.41. The highest BCUT2D eigenvalue weighted by atomic mass is 32.1. The Kier molecular flexibility index (Phi) is 8.06. The zero-order valence-corrected chi connectivity index (χ0v) is 16.2. The lowest BCUT2D eigenvalue weighted by Gasteiger charge is -2.20. The van der Waals surface area contributed by atoms with Crippen LogP contribution in [0.4, 0.5) is 14.5 Å². The highest BCUT2D eigenvalue weighted by molar-refractivity contribution is 7.08. The fourth-order valence-corrected chi connectivity index (χ4v) is 3.08. The fraction of sp³-hybridized carbons (Fsp3) is 0.316. The van der Waals surface area contributed by atoms with Gasteiger partial charge in [-0.15, -0.1) is 0 Å². The van der Waals surface area contributed by atoms with E-state index in [1.54, 1.807) is 23.8 Å². The van der Waals surface area contributed by atoms with E-state index in [0.717, 1.165) is 12.1 Å². The van der Waals surface area contributed by atoms with Crippen LogP contribution in [-0.2, 0) is 9.59 Å². The van der Waals surface area contributed by atoms with Crippen molar-refractivity contribution in [3.8, 4) is 0 Å². The largest absolute Gasteiger partial charge is 0.352 e. The molecule has 150 valence electrons. The minimum absolute atomic E-state index is 0.138. The minimum atomic E-state index is -0.885. The Hall–Kier alpha value is -2.81. The molecule has 9 heteroatoms. The molecule has 3 amide bonds. The number of halogens is 2. The minimum Gasteiger partial charge on any atom is -0.352 e. The van der Waals surface area contributed by atoms with Crippen LogP contribution in [0.5, 0.6) is 0 Å². The van der Waals surface area contributed by atoms with E-state index in [4.69, 9.17) is 0 Å². The van der Waals surface area contributed by atoms with E-state index < -0.39 is 23.2 Å². The Bertz CT molecular complexity index is 808. The first-order valence-corrected chi connectivity index (χ1v) is 9.68. The molecule has 0 spiro atoms. The smallest absolute Gasteiger partial charge is 0.252 e. The van der Waals surface area contributed by atoms with Gasteiger partial charge >= 0.3 is 0 Å². The monoisotopic (exact) mass is 409 g/mol. The SMILES string of the molecule is CCN(CC(=O)Nc1c(F)cccc1F)C(=O)CCCNC(=O)c1ccsc1. The van der Waals surface area contributed by atoms with Gasteiger partial charge in [-0.05, 0) is 36.9 Å². The maximum absolute atomic E-state index is 13.6. The number of benzene rings is 1. The summed E-state index contributed by atoms with van der Waals surface area (Å²) in [4.78, 5) is 37.4. The molecular weight excluding hydrogens is 388 g/mol. The van der Waals surface area contributed by atoms with Crippen LogP contribution in [0.25, 0.3) is 0 Å². The number of likely N-dealkylation sites (N-methyl/N-ethyl adjacent to an activating group) is 1. The topological polar surface area (TPSA) is 78.5 Å². The maximum atomic E-state index is 13.6. The molecule has 0 radical (unpaired) electrons. The third-order valence-electron chi connectivity index (χ3n) is 3.93. The molecule has 0 saturated heterocycles. The standard InChI is InChI=1S/C19H21F2N3O3S/c1-2-24(11-16(25)23-18-14(20)5-3-6-15(18)21)17(26)7-4-9-22-19(27)13-8-10-28-12-13/h3,5-6,8,10,12H,2,4,7,9,11H2,1H3,(H,22,27)(H,23,25). The molecule has 1 aromatic heterocycles. The number of hydrogen-bond acceptors (Lipinski definition) is 4. The van der Waals surface area contributed by atoms with Crippen molar-refractivity contribution in [2.45, 2.75) is 19.8 Å². The molecule has 0 saturated carbocycles. The summed E-state index contributed by atoms with van der Waals surface area (Å²) in [5.41, 5.74) is 0.0377. The molecule has 2 rings (SSSR count). The normalized spacial score (nSPS) is 10.4. The fourth-order valence-electron chi connectivity index (χ4n) is 2.44. The highest BCUT2D eigenvalue weighted by Gasteiger charge is 2.18. The highest BCUT2D eigenvalue weighted by Crippen LogP contribution is 2.17. The summed E-state index contributed by atoms with van der Waals surface area (Å²) < 4.78 is 27.2. The van der Waals surface area contributed by atoms with Gasteiger partial charge in [0.15, 0.2) is 0 Å². The number of nitrogens with one attached hydrogen (secondary N) is 2. The third-order valence-corrected chi connectivity index (χ3v) is 4.62. The van der Waals surface area contributed by atoms with Crippen molar-refractivity contribution in [2.75, 3.05) is 25.0 Å². The molecule has 6 nitrogen and oxygen atoms in total. The molecular formula is C19H21F2N3O3S. The maximum Gasteiger partial charge on any atom is 0.252 e. The summed E-state index contributed by atoms with van der Waals surface area (Å²) >= 11 is 1.42. The Balaban J connectivity index is 1.77. The summed E-state index contributed by atoms with van der Waals surface area (Å²) in [5.74, 6) is -2.94. The number of para-hydroxylation sites is 1. The lowest BCUT2D eigenvalue weighted by Crippen LogP contribution is -2.38. The number of thiophene rings is 1. The number of nitrogens with zero attached hydrogens (tertiary/aromatic N) is 1. The molecule has 1 aromatic carbocycles. The summed E-state index contributed by atoms with van der Waals surface area (Å²) in [7, 11) is 0. The van der Waals surface area contributed by atoms with Crippen molar-refractivity contribution >= 4 is 34.7 Å². The van der Waals surface area contributed by atoms with Gasteiger partial charge in [-0.25, -0.2) is 8.78 Å². The van der Waals surface area contributed by atoms with Gasteiger partial charge in [-0.2, -0.15) is 11.3 Å². The quantitative estimate of drug-likeness (QED) is 0.625. The molecule has 0 bridgehead atoms. The van der Waals surface area contributed by atoms with Crippen molar-refractivity contribution in [3.05, 3.63) is 52.2 Å². The third kappa shape index (κ3) is 6.12. The van der Waals surface area contributed by atoms with E-state index in [0.29, 0.717) is 18.5 Å². The van der Waals surface area contributed by atoms with Crippen molar-refractivity contribution in [1.82, 2.24) is 10.2 Å². The van der Waals surface area contributed by atoms with Gasteiger partial charge in [0.1, 0.15) is 17.3 Å². The lowest BCUT2D eigenvalue weighted by molar-refractivity contribution is -0.134. The van der Waals surface area contributed by atoms with E-state index in [9.17, 15) is 23.2 Å². The van der Waals surface area contributed by atoms with E-state index >= 15 is 0 Å². The number of amides is 3. The van der Waals surface area contributed by atoms with Gasteiger partial charge in [-0.3, -0.25) is 14.4 Å². The van der Waals surface area contributed by atoms with Crippen LogP contribution in [-0.4, -0.2) is 42.3 Å². The Labute approximate surface area is 165 Å². The first-order valence-electron chi connectivity index (χ1n) is 8.74. The van der Waals surface area contributed by atoms with Crippen LogP contribution in [0.15, 0.2) is 35.0 Å². The van der Waals surface area contributed by atoms with Gasteiger partial charge in [0.25, 0.3) is 5.91 Å². The van der Waals surface area contributed by atoms with Crippen molar-refractivity contribution in [3.63, 3.8) is 0 Å². The average Bonchev–Trinajstić information content (AvgIpc) is 3.21. The molecule has 0 unspecified atom stereocenters. The first-order chi connectivity index (χ1) is 13.4. The molecule has 1 heterocycles. The number of hydrogen-bond donors (Lipinski definition) is 2. The number of carbonyl (C=O) groups is 3. The van der Waals surface area contributed by atoms with Crippen LogP contribution < -0.4 is 10.6 Å². The lowest BCUT2D eigenvalue weighted by atomic mass is 10.2. The predicted octanol–water partition coefficient (Wildman–Crippen LogP) is 3.02. The number of carbonyl (C=O) groups excluding carboxylic acids is 3. The van der Waals surface area contributed by atoms with E-state index in [2.05, 4.69) is 10.6 Å². The molecule has 0 atom stereocenters. The summed E-state index contributed by atoms with van der Waals surface area (Å²) in [6.07, 6.45) is 0.549. The van der Waals surface area contributed by atoms with E-state index in [1.165, 1.54) is 22.3 Å². The van der Waals surface area contributed by atoms with Crippen LogP contribution in [0, 0.1) is 11.6 Å². The second kappa shape index (κ2) is 10.5. The average molecular weight is 409 g/mol. The first kappa shape index (κ1) is 21.5. The molecule has 28 heavy (non-hydrogen) atoms.